The predicted octanol–water partition coefficient (Wildman–Crippen LogP) is 2.22. The molecule has 0 saturated heterocycles. The summed E-state index contributed by atoms with van der Waals surface area (Å²) in [4.78, 5) is 16.4. The molecule has 0 aliphatic carbocycles. The molecule has 0 spiro atoms. The Morgan fingerprint density at radius 1 is 1.36 bits per heavy atom. The van der Waals surface area contributed by atoms with Crippen LogP contribution in [0.25, 0.3) is 0 Å². The summed E-state index contributed by atoms with van der Waals surface area (Å²) in [6.07, 6.45) is 0. The minimum atomic E-state index is -3.73. The number of rotatable bonds is 5. The molecular formula is C13H15N3O3S3. The van der Waals surface area contributed by atoms with Gasteiger partial charge >= 0.3 is 0 Å². The van der Waals surface area contributed by atoms with Crippen LogP contribution in [0.1, 0.15) is 12.6 Å². The average molecular weight is 357 g/mol. The Morgan fingerprint density at radius 2 is 2.00 bits per heavy atom. The lowest BCUT2D eigenvalue weighted by atomic mass is 10.3. The third-order valence-corrected chi connectivity index (χ3v) is 5.81. The maximum Gasteiger partial charge on any atom is 0.238 e. The molecule has 1 heterocycles. The Hall–Kier alpha value is -1.42. The monoisotopic (exact) mass is 357 g/mol. The van der Waals surface area contributed by atoms with E-state index >= 15 is 0 Å². The van der Waals surface area contributed by atoms with Gasteiger partial charge in [0.1, 0.15) is 0 Å². The number of carbonyl (C=O) groups is 1. The lowest BCUT2D eigenvalue weighted by Crippen LogP contribution is -2.22. The van der Waals surface area contributed by atoms with E-state index < -0.39 is 10.0 Å². The van der Waals surface area contributed by atoms with E-state index in [0.717, 1.165) is 10.0 Å². The number of nitrogens with zero attached hydrogens (tertiary/aromatic N) is 1. The average Bonchev–Trinajstić information content (AvgIpc) is 2.83. The van der Waals surface area contributed by atoms with Crippen LogP contribution in [0.4, 0.5) is 5.69 Å². The number of benzene rings is 1. The van der Waals surface area contributed by atoms with Crippen LogP contribution in [0.2, 0.25) is 0 Å². The largest absolute Gasteiger partial charge is 0.325 e. The zero-order chi connectivity index (χ0) is 16.3. The number of thiazole rings is 1. The number of amides is 1. The molecule has 0 saturated carbocycles. The lowest BCUT2D eigenvalue weighted by Gasteiger charge is -2.10. The zero-order valence-electron chi connectivity index (χ0n) is 11.9. The van der Waals surface area contributed by atoms with Gasteiger partial charge in [0.25, 0.3) is 0 Å². The van der Waals surface area contributed by atoms with Crippen molar-refractivity contribution in [3.63, 3.8) is 0 Å². The minimum Gasteiger partial charge on any atom is -0.325 e. The molecule has 0 aliphatic rings. The molecular weight excluding hydrogens is 342 g/mol. The highest BCUT2D eigenvalue weighted by molar-refractivity contribution is 8.02. The number of anilines is 1. The first-order valence-electron chi connectivity index (χ1n) is 6.28. The Bertz CT molecular complexity index is 769. The molecule has 0 fully saturated rings. The van der Waals surface area contributed by atoms with Gasteiger partial charge in [-0.1, -0.05) is 11.8 Å². The molecule has 2 aromatic rings. The molecule has 1 atom stereocenters. The van der Waals surface area contributed by atoms with Crippen molar-refractivity contribution in [1.29, 1.82) is 0 Å². The fraction of sp³-hybridized carbons (Fsp3) is 0.231. The first-order chi connectivity index (χ1) is 10.3. The number of nitrogens with two attached hydrogens (primary N) is 1. The summed E-state index contributed by atoms with van der Waals surface area (Å²) in [5, 5.41) is 9.36. The van der Waals surface area contributed by atoms with E-state index in [1.54, 1.807) is 6.92 Å². The van der Waals surface area contributed by atoms with Crippen molar-refractivity contribution in [3.8, 4) is 0 Å². The summed E-state index contributed by atoms with van der Waals surface area (Å²) < 4.78 is 23.2. The fourth-order valence-corrected chi connectivity index (χ4v) is 4.06. The van der Waals surface area contributed by atoms with Crippen molar-refractivity contribution in [2.24, 2.45) is 5.14 Å². The number of sulfonamides is 1. The van der Waals surface area contributed by atoms with Crippen LogP contribution in [-0.2, 0) is 14.8 Å². The van der Waals surface area contributed by atoms with Crippen molar-refractivity contribution in [2.75, 3.05) is 5.32 Å². The zero-order valence-corrected chi connectivity index (χ0v) is 14.4. The van der Waals surface area contributed by atoms with E-state index in [-0.39, 0.29) is 16.1 Å². The van der Waals surface area contributed by atoms with Crippen LogP contribution in [-0.4, -0.2) is 24.6 Å². The molecule has 0 bridgehead atoms. The first-order valence-corrected chi connectivity index (χ1v) is 9.59. The molecule has 1 aromatic heterocycles. The molecule has 0 unspecified atom stereocenters. The number of aryl methyl sites for hydroxylation is 1. The Kier molecular flexibility index (Phi) is 5.22. The molecule has 0 aliphatic heterocycles. The van der Waals surface area contributed by atoms with Gasteiger partial charge in [0.05, 0.1) is 10.1 Å². The highest BCUT2D eigenvalue weighted by Gasteiger charge is 2.16. The fourth-order valence-electron chi connectivity index (χ4n) is 1.56. The van der Waals surface area contributed by atoms with Crippen molar-refractivity contribution >= 4 is 44.7 Å². The molecule has 9 heteroatoms. The van der Waals surface area contributed by atoms with Gasteiger partial charge in [-0.25, -0.2) is 18.5 Å². The molecule has 2 rings (SSSR count). The molecule has 6 nitrogen and oxygen atoms in total. The number of hydrogen-bond donors (Lipinski definition) is 2. The highest BCUT2D eigenvalue weighted by Crippen LogP contribution is 2.27. The summed E-state index contributed by atoms with van der Waals surface area (Å²) >= 11 is 2.88. The van der Waals surface area contributed by atoms with Gasteiger partial charge in [0.2, 0.25) is 15.9 Å². The van der Waals surface area contributed by atoms with Crippen molar-refractivity contribution < 1.29 is 13.2 Å². The van der Waals surface area contributed by atoms with Gasteiger partial charge in [0.15, 0.2) is 4.34 Å². The van der Waals surface area contributed by atoms with E-state index in [9.17, 15) is 13.2 Å². The first kappa shape index (κ1) is 16.9. The number of hydrogen-bond acceptors (Lipinski definition) is 6. The quantitative estimate of drug-likeness (QED) is 0.799. The van der Waals surface area contributed by atoms with Crippen LogP contribution >= 0.6 is 23.1 Å². The van der Waals surface area contributed by atoms with Gasteiger partial charge in [-0.3, -0.25) is 4.79 Å². The molecule has 1 amide bonds. The molecule has 1 aromatic carbocycles. The third-order valence-electron chi connectivity index (χ3n) is 2.70. The van der Waals surface area contributed by atoms with Crippen LogP contribution in [0, 0.1) is 6.92 Å². The number of carbonyl (C=O) groups excluding carboxylic acids is 1. The highest BCUT2D eigenvalue weighted by atomic mass is 32.2. The SMILES string of the molecule is Cc1csc(S[C@H](C)C(=O)Nc2ccc(S(N)(=O)=O)cc2)n1. The Morgan fingerprint density at radius 3 is 2.50 bits per heavy atom. The van der Waals surface area contributed by atoms with Crippen molar-refractivity contribution in [2.45, 2.75) is 28.3 Å². The molecule has 118 valence electrons. The number of primary sulfonamides is 1. The molecule has 3 N–H and O–H groups in total. The topological polar surface area (TPSA) is 102 Å². The second-order valence-electron chi connectivity index (χ2n) is 4.57. The molecule has 22 heavy (non-hydrogen) atoms. The third kappa shape index (κ3) is 4.54. The van der Waals surface area contributed by atoms with Crippen LogP contribution in [0.3, 0.4) is 0 Å². The minimum absolute atomic E-state index is 0.00573. The molecule has 0 radical (unpaired) electrons. The lowest BCUT2D eigenvalue weighted by molar-refractivity contribution is -0.115. The second-order valence-corrected chi connectivity index (χ2v) is 8.58. The van der Waals surface area contributed by atoms with Gasteiger partial charge in [-0.15, -0.1) is 11.3 Å². The number of thioether (sulfide) groups is 1. The van der Waals surface area contributed by atoms with Crippen molar-refractivity contribution in [1.82, 2.24) is 4.98 Å². The second kappa shape index (κ2) is 6.78. The van der Waals surface area contributed by atoms with Gasteiger partial charge in [0, 0.05) is 16.8 Å². The number of nitrogens with one attached hydrogen (secondary N) is 1. The van der Waals surface area contributed by atoms with Crippen molar-refractivity contribution in [3.05, 3.63) is 35.3 Å². The maximum absolute atomic E-state index is 12.1. The summed E-state index contributed by atoms with van der Waals surface area (Å²) in [6, 6.07) is 5.71. The van der Waals surface area contributed by atoms with Crippen LogP contribution < -0.4 is 10.5 Å². The smallest absolute Gasteiger partial charge is 0.238 e. The predicted molar refractivity (Wildman–Crippen MR) is 88.6 cm³/mol. The van der Waals surface area contributed by atoms with Gasteiger partial charge in [-0.2, -0.15) is 0 Å². The number of aromatic nitrogens is 1. The Balaban J connectivity index is 1.99. The normalized spacial score (nSPS) is 12.9. The maximum atomic E-state index is 12.1. The van der Waals surface area contributed by atoms with E-state index in [1.165, 1.54) is 47.4 Å². The Labute approximate surface area is 137 Å². The summed E-state index contributed by atoms with van der Waals surface area (Å²) in [5.74, 6) is -0.179. The summed E-state index contributed by atoms with van der Waals surface area (Å²) in [5.41, 5.74) is 1.44. The van der Waals surface area contributed by atoms with E-state index in [1.807, 2.05) is 12.3 Å². The van der Waals surface area contributed by atoms with E-state index in [0.29, 0.717) is 5.69 Å². The van der Waals surface area contributed by atoms with Gasteiger partial charge < -0.3 is 5.32 Å². The van der Waals surface area contributed by atoms with Gasteiger partial charge in [-0.05, 0) is 38.1 Å². The van der Waals surface area contributed by atoms with E-state index in [2.05, 4.69) is 10.3 Å². The summed E-state index contributed by atoms with van der Waals surface area (Å²) in [7, 11) is -3.73. The summed E-state index contributed by atoms with van der Waals surface area (Å²) in [6.45, 7) is 3.69. The van der Waals surface area contributed by atoms with E-state index in [4.69, 9.17) is 5.14 Å². The van der Waals surface area contributed by atoms with Crippen LogP contribution in [0.15, 0.2) is 38.9 Å². The van der Waals surface area contributed by atoms with Crippen LogP contribution in [0.5, 0.6) is 0 Å². The standard InChI is InChI=1S/C13H15N3O3S3/c1-8-7-20-13(15-8)21-9(2)12(17)16-10-3-5-11(6-4-10)22(14,18)19/h3-7,9H,1-2H3,(H,16,17)(H2,14,18,19)/t9-/m1/s1.